The van der Waals surface area contributed by atoms with Crippen LogP contribution in [0.1, 0.15) is 5.56 Å². The predicted molar refractivity (Wildman–Crippen MR) is 133 cm³/mol. The third kappa shape index (κ3) is 4.90. The van der Waals surface area contributed by atoms with Crippen molar-refractivity contribution in [1.29, 1.82) is 0 Å². The molecule has 5 rings (SSSR count). The van der Waals surface area contributed by atoms with Gasteiger partial charge in [-0.1, -0.05) is 36.4 Å². The molecule has 0 atom stereocenters. The van der Waals surface area contributed by atoms with Crippen molar-refractivity contribution in [3.8, 4) is 11.5 Å². The molecule has 9 heteroatoms. The molecule has 0 bridgehead atoms. The van der Waals surface area contributed by atoms with Crippen LogP contribution in [-0.4, -0.2) is 47.6 Å². The Morgan fingerprint density at radius 1 is 1.03 bits per heavy atom. The number of hydrogen-bond donors (Lipinski definition) is 1. The summed E-state index contributed by atoms with van der Waals surface area (Å²) < 4.78 is 10.6. The van der Waals surface area contributed by atoms with Crippen molar-refractivity contribution in [2.24, 2.45) is 0 Å². The molecule has 2 aliphatic heterocycles. The fourth-order valence-electron chi connectivity index (χ4n) is 3.61. The maximum Gasteiger partial charge on any atom is 0.293 e. The van der Waals surface area contributed by atoms with Crippen LogP contribution in [0, 0.1) is 0 Å². The quantitative estimate of drug-likeness (QED) is 0.384. The number of amides is 3. The van der Waals surface area contributed by atoms with Crippen molar-refractivity contribution in [3.63, 3.8) is 0 Å². The minimum Gasteiger partial charge on any atom is -0.454 e. The van der Waals surface area contributed by atoms with E-state index in [1.54, 1.807) is 24.3 Å². The zero-order valence-electron chi connectivity index (χ0n) is 18.0. The summed E-state index contributed by atoms with van der Waals surface area (Å²) in [5.41, 5.74) is 0.744. The van der Waals surface area contributed by atoms with E-state index >= 15 is 0 Å². The Morgan fingerprint density at radius 2 is 1.85 bits per heavy atom. The molecule has 34 heavy (non-hydrogen) atoms. The van der Waals surface area contributed by atoms with Crippen LogP contribution in [-0.2, 0) is 9.59 Å². The highest BCUT2D eigenvalue weighted by molar-refractivity contribution is 8.18. The molecule has 0 radical (unpaired) electrons. The van der Waals surface area contributed by atoms with E-state index in [4.69, 9.17) is 9.47 Å². The number of nitrogens with one attached hydrogen (secondary N) is 1. The molecule has 1 saturated heterocycles. The number of imide groups is 1. The molecule has 1 fully saturated rings. The van der Waals surface area contributed by atoms with E-state index in [1.165, 1.54) is 11.8 Å². The van der Waals surface area contributed by atoms with Gasteiger partial charge in [0.2, 0.25) is 12.7 Å². The molecule has 3 amide bonds. The molecule has 172 valence electrons. The van der Waals surface area contributed by atoms with Gasteiger partial charge < -0.3 is 14.8 Å². The molecule has 0 spiro atoms. The van der Waals surface area contributed by atoms with Crippen molar-refractivity contribution in [2.45, 2.75) is 4.90 Å². The number of benzene rings is 3. The molecule has 7 nitrogen and oxygen atoms in total. The second kappa shape index (κ2) is 9.82. The Kier molecular flexibility index (Phi) is 6.46. The highest BCUT2D eigenvalue weighted by atomic mass is 32.2. The summed E-state index contributed by atoms with van der Waals surface area (Å²) in [4.78, 5) is 39.8. The summed E-state index contributed by atoms with van der Waals surface area (Å²) in [5.74, 6) is 0.995. The molecule has 0 aromatic heterocycles. The molecule has 2 aliphatic rings. The van der Waals surface area contributed by atoms with Crippen LogP contribution in [0.25, 0.3) is 16.8 Å². The predicted octanol–water partition coefficient (Wildman–Crippen LogP) is 4.51. The maximum absolute atomic E-state index is 12.7. The van der Waals surface area contributed by atoms with Gasteiger partial charge in [-0.15, -0.1) is 11.8 Å². The normalized spacial score (nSPS) is 16.0. The molecular formula is C25H20N2O5S2. The number of nitrogens with zero attached hydrogens (tertiary/aromatic N) is 1. The monoisotopic (exact) mass is 492 g/mol. The standard InChI is InChI=1S/C25H20N2O5S2/c28-23(14-33-19-7-6-17-3-1-2-4-18(17)13-19)26-9-10-27-24(29)22(34-25(27)30)12-16-5-8-20-21(11-16)32-15-31-20/h1-8,11-13H,9-10,14-15H2,(H,26,28)/b22-12+. The first-order valence-corrected chi connectivity index (χ1v) is 12.4. The lowest BCUT2D eigenvalue weighted by molar-refractivity contribution is -0.123. The lowest BCUT2D eigenvalue weighted by Gasteiger charge is -2.13. The summed E-state index contributed by atoms with van der Waals surface area (Å²) in [6.07, 6.45) is 1.66. The molecular weight excluding hydrogens is 472 g/mol. The Bertz CT molecular complexity index is 1320. The number of ether oxygens (including phenoxy) is 2. The summed E-state index contributed by atoms with van der Waals surface area (Å²) in [6.45, 7) is 0.490. The first kappa shape index (κ1) is 22.4. The number of carbonyl (C=O) groups excluding carboxylic acids is 3. The molecule has 3 aromatic rings. The minimum atomic E-state index is -0.368. The Labute approximate surface area is 204 Å². The van der Waals surface area contributed by atoms with E-state index in [0.29, 0.717) is 16.4 Å². The summed E-state index contributed by atoms with van der Waals surface area (Å²) in [5, 5.41) is 4.72. The Balaban J connectivity index is 1.11. The molecule has 1 N–H and O–H groups in total. The highest BCUT2D eigenvalue weighted by Gasteiger charge is 2.34. The molecule has 0 aliphatic carbocycles. The summed E-state index contributed by atoms with van der Waals surface area (Å²) in [6, 6.07) is 19.5. The van der Waals surface area contributed by atoms with E-state index in [0.717, 1.165) is 37.9 Å². The van der Waals surface area contributed by atoms with E-state index < -0.39 is 0 Å². The second-order valence-corrected chi connectivity index (χ2v) is 9.64. The zero-order chi connectivity index (χ0) is 23.5. The van der Waals surface area contributed by atoms with Gasteiger partial charge in [0.25, 0.3) is 11.1 Å². The zero-order valence-corrected chi connectivity index (χ0v) is 19.6. The number of rotatable bonds is 7. The molecule has 0 unspecified atom stereocenters. The van der Waals surface area contributed by atoms with E-state index in [1.807, 2.05) is 36.4 Å². The van der Waals surface area contributed by atoms with Gasteiger partial charge in [-0.3, -0.25) is 19.3 Å². The van der Waals surface area contributed by atoms with Crippen LogP contribution < -0.4 is 14.8 Å². The fraction of sp³-hybridized carbons (Fsp3) is 0.160. The van der Waals surface area contributed by atoms with Gasteiger partial charge >= 0.3 is 0 Å². The number of fused-ring (bicyclic) bond motifs is 2. The topological polar surface area (TPSA) is 84.9 Å². The van der Waals surface area contributed by atoms with Gasteiger partial charge in [-0.05, 0) is 58.4 Å². The number of hydrogen-bond acceptors (Lipinski definition) is 7. The fourth-order valence-corrected chi connectivity index (χ4v) is 5.25. The second-order valence-electron chi connectivity index (χ2n) is 7.59. The smallest absolute Gasteiger partial charge is 0.293 e. The summed E-state index contributed by atoms with van der Waals surface area (Å²) >= 11 is 2.33. The van der Waals surface area contributed by atoms with Crippen molar-refractivity contribution >= 4 is 57.4 Å². The van der Waals surface area contributed by atoms with Crippen LogP contribution in [0.2, 0.25) is 0 Å². The highest BCUT2D eigenvalue weighted by Crippen LogP contribution is 2.36. The van der Waals surface area contributed by atoms with E-state index in [9.17, 15) is 14.4 Å². The van der Waals surface area contributed by atoms with Crippen molar-refractivity contribution in [1.82, 2.24) is 10.2 Å². The first-order valence-electron chi connectivity index (χ1n) is 10.6. The van der Waals surface area contributed by atoms with Crippen molar-refractivity contribution < 1.29 is 23.9 Å². The minimum absolute atomic E-state index is 0.121. The van der Waals surface area contributed by atoms with Crippen LogP contribution in [0.5, 0.6) is 11.5 Å². The average Bonchev–Trinajstić information content (AvgIpc) is 3.42. The van der Waals surface area contributed by atoms with Crippen LogP contribution in [0.15, 0.2) is 70.5 Å². The molecule has 3 aromatic carbocycles. The van der Waals surface area contributed by atoms with Gasteiger partial charge in [0.05, 0.1) is 10.7 Å². The number of carbonyl (C=O) groups is 3. The summed E-state index contributed by atoms with van der Waals surface area (Å²) in [7, 11) is 0. The SMILES string of the molecule is O=C(CSc1ccc2ccccc2c1)NCCN1C(=O)S/C(=C/c2ccc3c(c2)OCO3)C1=O. The third-order valence-corrected chi connectivity index (χ3v) is 7.22. The van der Waals surface area contributed by atoms with Gasteiger partial charge in [-0.25, -0.2) is 0 Å². The average molecular weight is 493 g/mol. The van der Waals surface area contributed by atoms with Crippen LogP contribution in [0.3, 0.4) is 0 Å². The number of thioether (sulfide) groups is 2. The molecule has 2 heterocycles. The van der Waals surface area contributed by atoms with Gasteiger partial charge in [0.1, 0.15) is 0 Å². The first-order chi connectivity index (χ1) is 16.6. The molecule has 0 saturated carbocycles. The maximum atomic E-state index is 12.7. The van der Waals surface area contributed by atoms with Crippen molar-refractivity contribution in [2.75, 3.05) is 25.6 Å². The van der Waals surface area contributed by atoms with Gasteiger partial charge in [-0.2, -0.15) is 0 Å². The largest absolute Gasteiger partial charge is 0.454 e. The van der Waals surface area contributed by atoms with Crippen LogP contribution in [0.4, 0.5) is 4.79 Å². The third-order valence-electron chi connectivity index (χ3n) is 5.32. The van der Waals surface area contributed by atoms with Gasteiger partial charge in [0, 0.05) is 18.0 Å². The van der Waals surface area contributed by atoms with E-state index in [2.05, 4.69) is 11.4 Å². The van der Waals surface area contributed by atoms with Crippen molar-refractivity contribution in [3.05, 3.63) is 71.1 Å². The Hall–Kier alpha value is -3.43. The lowest BCUT2D eigenvalue weighted by atomic mass is 10.1. The van der Waals surface area contributed by atoms with Gasteiger partial charge in [0.15, 0.2) is 11.5 Å². The Morgan fingerprint density at radius 3 is 2.74 bits per heavy atom. The van der Waals surface area contributed by atoms with Crippen LogP contribution >= 0.6 is 23.5 Å². The van der Waals surface area contributed by atoms with E-state index in [-0.39, 0.29) is 42.7 Å². The lowest BCUT2D eigenvalue weighted by Crippen LogP contribution is -2.37.